The van der Waals surface area contributed by atoms with Crippen LogP contribution in [-0.4, -0.2) is 11.5 Å². The van der Waals surface area contributed by atoms with E-state index in [-0.39, 0.29) is 0 Å². The zero-order chi connectivity index (χ0) is 12.0. The summed E-state index contributed by atoms with van der Waals surface area (Å²) < 4.78 is 0. The largest absolute Gasteiger partial charge is 0.368 e. The molecule has 0 atom stereocenters. The van der Waals surface area contributed by atoms with Gasteiger partial charge >= 0.3 is 0 Å². The average molecular weight is 213 g/mol. The Morgan fingerprint density at radius 1 is 1.44 bits per heavy atom. The van der Waals surface area contributed by atoms with Crippen molar-refractivity contribution in [2.24, 2.45) is 0 Å². The topological polar surface area (TPSA) is 48.7 Å². The fourth-order valence-corrected chi connectivity index (χ4v) is 1.47. The van der Waals surface area contributed by atoms with Crippen molar-refractivity contribution in [2.75, 3.05) is 11.9 Å². The third-order valence-corrected chi connectivity index (χ3v) is 2.18. The lowest BCUT2D eigenvalue weighted by Gasteiger charge is -2.08. The fraction of sp³-hybridized carbons (Fsp3) is 0.385. The van der Waals surface area contributed by atoms with E-state index < -0.39 is 0 Å². The summed E-state index contributed by atoms with van der Waals surface area (Å²) in [5.74, 6) is 6.46. The SMILES string of the molecule is CC#CCCNc1nc(C)cc(C)c1C#N. The first-order valence-electron chi connectivity index (χ1n) is 5.21. The monoisotopic (exact) mass is 213 g/mol. The van der Waals surface area contributed by atoms with E-state index in [4.69, 9.17) is 5.26 Å². The van der Waals surface area contributed by atoms with Gasteiger partial charge in [-0.2, -0.15) is 5.26 Å². The van der Waals surface area contributed by atoms with Gasteiger partial charge in [-0.15, -0.1) is 11.8 Å². The second-order valence-electron chi connectivity index (χ2n) is 3.52. The zero-order valence-electron chi connectivity index (χ0n) is 9.89. The van der Waals surface area contributed by atoms with Gasteiger partial charge < -0.3 is 5.32 Å². The number of rotatable bonds is 3. The molecule has 1 aromatic heterocycles. The predicted octanol–water partition coefficient (Wildman–Crippen LogP) is 2.40. The lowest BCUT2D eigenvalue weighted by molar-refractivity contribution is 1.05. The van der Waals surface area contributed by atoms with Crippen molar-refractivity contribution in [3.8, 4) is 17.9 Å². The summed E-state index contributed by atoms with van der Waals surface area (Å²) in [5, 5.41) is 12.2. The summed E-state index contributed by atoms with van der Waals surface area (Å²) in [6, 6.07) is 4.08. The minimum atomic E-state index is 0.620. The Hall–Kier alpha value is -2.00. The number of hydrogen-bond acceptors (Lipinski definition) is 3. The number of aryl methyl sites for hydroxylation is 2. The lowest BCUT2D eigenvalue weighted by Crippen LogP contribution is -2.06. The highest BCUT2D eigenvalue weighted by molar-refractivity contribution is 5.56. The molecule has 1 N–H and O–H groups in total. The summed E-state index contributed by atoms with van der Waals surface area (Å²) in [6.07, 6.45) is 0.760. The molecule has 0 amide bonds. The van der Waals surface area contributed by atoms with Crippen LogP contribution < -0.4 is 5.32 Å². The Bertz CT molecular complexity index is 472. The predicted molar refractivity (Wildman–Crippen MR) is 65.0 cm³/mol. The molecule has 0 aromatic carbocycles. The van der Waals surface area contributed by atoms with Gasteiger partial charge in [-0.05, 0) is 32.4 Å². The highest BCUT2D eigenvalue weighted by atomic mass is 15.0. The van der Waals surface area contributed by atoms with E-state index in [0.717, 1.165) is 17.7 Å². The van der Waals surface area contributed by atoms with Crippen LogP contribution in [0.1, 0.15) is 30.2 Å². The molecule has 16 heavy (non-hydrogen) atoms. The molecule has 0 saturated carbocycles. The maximum atomic E-state index is 9.03. The van der Waals surface area contributed by atoms with Crippen LogP contribution in [0, 0.1) is 37.0 Å². The van der Waals surface area contributed by atoms with Gasteiger partial charge in [0.1, 0.15) is 11.9 Å². The summed E-state index contributed by atoms with van der Waals surface area (Å²) in [4.78, 5) is 4.32. The Balaban J connectivity index is 2.85. The van der Waals surface area contributed by atoms with Gasteiger partial charge in [-0.3, -0.25) is 0 Å². The second kappa shape index (κ2) is 5.78. The van der Waals surface area contributed by atoms with Gasteiger partial charge in [-0.1, -0.05) is 0 Å². The first kappa shape index (κ1) is 12.1. The van der Waals surface area contributed by atoms with E-state index in [0.29, 0.717) is 17.9 Å². The standard InChI is InChI=1S/C13H15N3/c1-4-5-6-7-15-13-12(9-14)10(2)8-11(3)16-13/h8H,6-7H2,1-3H3,(H,15,16). The molecule has 0 saturated heterocycles. The van der Waals surface area contributed by atoms with Gasteiger partial charge in [0, 0.05) is 18.7 Å². The van der Waals surface area contributed by atoms with Crippen LogP contribution in [-0.2, 0) is 0 Å². The van der Waals surface area contributed by atoms with Gasteiger partial charge in [0.25, 0.3) is 0 Å². The molecule has 0 spiro atoms. The van der Waals surface area contributed by atoms with Crippen molar-refractivity contribution in [1.82, 2.24) is 4.98 Å². The van der Waals surface area contributed by atoms with E-state index >= 15 is 0 Å². The Labute approximate surface area is 96.5 Å². The molecule has 0 aliphatic heterocycles. The third-order valence-electron chi connectivity index (χ3n) is 2.18. The smallest absolute Gasteiger partial charge is 0.144 e. The number of hydrogen-bond donors (Lipinski definition) is 1. The van der Waals surface area contributed by atoms with Crippen LogP contribution >= 0.6 is 0 Å². The van der Waals surface area contributed by atoms with Gasteiger partial charge in [-0.25, -0.2) is 4.98 Å². The molecule has 0 radical (unpaired) electrons. The van der Waals surface area contributed by atoms with E-state index in [2.05, 4.69) is 28.2 Å². The number of aromatic nitrogens is 1. The van der Waals surface area contributed by atoms with Crippen molar-refractivity contribution >= 4 is 5.82 Å². The number of nitrogens with zero attached hydrogens (tertiary/aromatic N) is 2. The highest BCUT2D eigenvalue weighted by Crippen LogP contribution is 2.17. The van der Waals surface area contributed by atoms with Crippen LogP contribution in [0.4, 0.5) is 5.82 Å². The van der Waals surface area contributed by atoms with E-state index in [1.165, 1.54) is 0 Å². The molecular weight excluding hydrogens is 198 g/mol. The number of nitrogens with one attached hydrogen (secondary N) is 1. The van der Waals surface area contributed by atoms with Gasteiger partial charge in [0.2, 0.25) is 0 Å². The highest BCUT2D eigenvalue weighted by Gasteiger charge is 2.07. The Kier molecular flexibility index (Phi) is 4.36. The molecule has 3 heteroatoms. The molecule has 1 heterocycles. The first-order valence-corrected chi connectivity index (χ1v) is 5.21. The van der Waals surface area contributed by atoms with Crippen LogP contribution in [0.15, 0.2) is 6.07 Å². The minimum Gasteiger partial charge on any atom is -0.368 e. The molecule has 1 rings (SSSR count). The van der Waals surface area contributed by atoms with E-state index in [9.17, 15) is 0 Å². The fourth-order valence-electron chi connectivity index (χ4n) is 1.47. The summed E-state index contributed by atoms with van der Waals surface area (Å²) in [5.41, 5.74) is 2.50. The molecule has 1 aromatic rings. The molecule has 0 aliphatic rings. The lowest BCUT2D eigenvalue weighted by atomic mass is 10.1. The molecule has 0 fully saturated rings. The number of anilines is 1. The van der Waals surface area contributed by atoms with Crippen molar-refractivity contribution < 1.29 is 0 Å². The molecule has 3 nitrogen and oxygen atoms in total. The zero-order valence-corrected chi connectivity index (χ0v) is 9.89. The van der Waals surface area contributed by atoms with Gasteiger partial charge in [0.05, 0.1) is 5.56 Å². The molecular formula is C13H15N3. The maximum Gasteiger partial charge on any atom is 0.144 e. The summed E-state index contributed by atoms with van der Waals surface area (Å²) in [7, 11) is 0. The van der Waals surface area contributed by atoms with Gasteiger partial charge in [0.15, 0.2) is 0 Å². The van der Waals surface area contributed by atoms with E-state index in [1.54, 1.807) is 0 Å². The summed E-state index contributed by atoms with van der Waals surface area (Å²) in [6.45, 7) is 6.37. The van der Waals surface area contributed by atoms with Crippen LogP contribution in [0.3, 0.4) is 0 Å². The Morgan fingerprint density at radius 3 is 2.81 bits per heavy atom. The van der Waals surface area contributed by atoms with E-state index in [1.807, 2.05) is 26.8 Å². The number of pyridine rings is 1. The third kappa shape index (κ3) is 3.00. The van der Waals surface area contributed by atoms with Crippen molar-refractivity contribution in [3.63, 3.8) is 0 Å². The average Bonchev–Trinajstić information content (AvgIpc) is 2.24. The van der Waals surface area contributed by atoms with Crippen LogP contribution in [0.5, 0.6) is 0 Å². The van der Waals surface area contributed by atoms with Crippen LogP contribution in [0.25, 0.3) is 0 Å². The molecule has 0 aliphatic carbocycles. The number of nitriles is 1. The summed E-state index contributed by atoms with van der Waals surface area (Å²) >= 11 is 0. The minimum absolute atomic E-state index is 0.620. The quantitative estimate of drug-likeness (QED) is 0.619. The van der Waals surface area contributed by atoms with Crippen LogP contribution in [0.2, 0.25) is 0 Å². The Morgan fingerprint density at radius 2 is 2.19 bits per heavy atom. The van der Waals surface area contributed by atoms with Crippen molar-refractivity contribution in [2.45, 2.75) is 27.2 Å². The molecule has 0 bridgehead atoms. The van der Waals surface area contributed by atoms with Crippen molar-refractivity contribution in [1.29, 1.82) is 5.26 Å². The maximum absolute atomic E-state index is 9.03. The molecule has 82 valence electrons. The molecule has 0 unspecified atom stereocenters. The normalized spacial score (nSPS) is 8.88. The first-order chi connectivity index (χ1) is 7.69. The second-order valence-corrected chi connectivity index (χ2v) is 3.52. The van der Waals surface area contributed by atoms with Crippen molar-refractivity contribution in [3.05, 3.63) is 22.9 Å².